The van der Waals surface area contributed by atoms with Crippen LogP contribution in [0.1, 0.15) is 23.9 Å². The van der Waals surface area contributed by atoms with E-state index in [1.165, 1.54) is 5.56 Å². The maximum atomic E-state index is 12.6. The van der Waals surface area contributed by atoms with Crippen LogP contribution in [0.3, 0.4) is 0 Å². The molecule has 1 atom stereocenters. The van der Waals surface area contributed by atoms with Crippen molar-refractivity contribution in [3.05, 3.63) is 71.6 Å². The van der Waals surface area contributed by atoms with Crippen LogP contribution in [-0.4, -0.2) is 33.2 Å². The predicted octanol–water partition coefficient (Wildman–Crippen LogP) is 4.33. The summed E-state index contributed by atoms with van der Waals surface area (Å²) in [5.74, 6) is 1.83. The average molecular weight is 382 g/mol. The van der Waals surface area contributed by atoms with E-state index >= 15 is 0 Å². The summed E-state index contributed by atoms with van der Waals surface area (Å²) in [6, 6.07) is 18.1. The van der Waals surface area contributed by atoms with E-state index in [2.05, 4.69) is 22.3 Å². The highest BCUT2D eigenvalue weighted by Crippen LogP contribution is 2.21. The van der Waals surface area contributed by atoms with E-state index in [0.29, 0.717) is 18.3 Å². The van der Waals surface area contributed by atoms with Gasteiger partial charge in [0.2, 0.25) is 17.6 Å². The Bertz CT molecular complexity index is 895. The minimum atomic E-state index is -0.144. The van der Waals surface area contributed by atoms with Gasteiger partial charge in [0.1, 0.15) is 0 Å². The highest BCUT2D eigenvalue weighted by atomic mass is 32.2. The van der Waals surface area contributed by atoms with E-state index in [1.54, 1.807) is 23.7 Å². The summed E-state index contributed by atoms with van der Waals surface area (Å²) in [6.07, 6.45) is 0. The molecule has 27 heavy (non-hydrogen) atoms. The molecule has 1 amide bonds. The predicted molar refractivity (Wildman–Crippen MR) is 108 cm³/mol. The minimum absolute atomic E-state index is 0.0474. The molecule has 0 saturated heterocycles. The van der Waals surface area contributed by atoms with Crippen LogP contribution in [0.15, 0.2) is 59.1 Å². The molecule has 3 aromatic rings. The molecule has 1 aromatic heterocycles. The quantitative estimate of drug-likeness (QED) is 0.610. The molecule has 140 valence electrons. The number of nitrogens with zero attached hydrogens (tertiary/aromatic N) is 3. The Hall–Kier alpha value is -2.60. The van der Waals surface area contributed by atoms with E-state index in [-0.39, 0.29) is 11.2 Å². The summed E-state index contributed by atoms with van der Waals surface area (Å²) in [7, 11) is 1.76. The normalized spacial score (nSPS) is 12.0. The lowest BCUT2D eigenvalue weighted by atomic mass is 10.1. The number of thioether (sulfide) groups is 1. The van der Waals surface area contributed by atoms with Gasteiger partial charge >= 0.3 is 0 Å². The summed E-state index contributed by atoms with van der Waals surface area (Å²) >= 11 is 1.62. The van der Waals surface area contributed by atoms with E-state index in [9.17, 15) is 4.79 Å². The molecule has 0 saturated carbocycles. The Morgan fingerprint density at radius 2 is 1.96 bits per heavy atom. The second-order valence-corrected chi connectivity index (χ2v) is 7.84. The maximum Gasteiger partial charge on any atom is 0.246 e. The zero-order valence-corrected chi connectivity index (χ0v) is 16.6. The number of amides is 1. The Kier molecular flexibility index (Phi) is 6.29. The highest BCUT2D eigenvalue weighted by Gasteiger charge is 2.20. The molecule has 2 aromatic carbocycles. The summed E-state index contributed by atoms with van der Waals surface area (Å²) < 4.78 is 5.33. The Balaban J connectivity index is 1.56. The topological polar surface area (TPSA) is 59.2 Å². The molecule has 0 spiro atoms. The fraction of sp³-hybridized carbons (Fsp3) is 0.286. The van der Waals surface area contributed by atoms with Gasteiger partial charge in [-0.2, -0.15) is 4.98 Å². The summed E-state index contributed by atoms with van der Waals surface area (Å²) in [4.78, 5) is 18.7. The molecule has 0 bridgehead atoms. The van der Waals surface area contributed by atoms with Crippen molar-refractivity contribution >= 4 is 17.7 Å². The number of benzene rings is 2. The van der Waals surface area contributed by atoms with Crippen molar-refractivity contribution < 1.29 is 9.32 Å². The fourth-order valence-corrected chi connectivity index (χ4v) is 3.64. The first-order valence-electron chi connectivity index (χ1n) is 8.83. The van der Waals surface area contributed by atoms with Crippen LogP contribution in [0.2, 0.25) is 0 Å². The van der Waals surface area contributed by atoms with Gasteiger partial charge in [-0.05, 0) is 25.5 Å². The van der Waals surface area contributed by atoms with Gasteiger partial charge in [0.05, 0.1) is 11.8 Å². The fourth-order valence-electron chi connectivity index (χ4n) is 2.68. The summed E-state index contributed by atoms with van der Waals surface area (Å²) in [6.45, 7) is 4.25. The van der Waals surface area contributed by atoms with Crippen LogP contribution in [0.5, 0.6) is 0 Å². The van der Waals surface area contributed by atoms with Crippen LogP contribution in [0.25, 0.3) is 11.4 Å². The van der Waals surface area contributed by atoms with Gasteiger partial charge in [-0.1, -0.05) is 59.3 Å². The lowest BCUT2D eigenvalue weighted by Crippen LogP contribution is -2.33. The number of hydrogen-bond donors (Lipinski definition) is 0. The monoisotopic (exact) mass is 381 g/mol. The Labute approximate surface area is 163 Å². The van der Waals surface area contributed by atoms with Gasteiger partial charge < -0.3 is 9.42 Å². The van der Waals surface area contributed by atoms with Crippen LogP contribution in [0.4, 0.5) is 0 Å². The van der Waals surface area contributed by atoms with E-state index < -0.39 is 0 Å². The van der Waals surface area contributed by atoms with Crippen LogP contribution in [-0.2, 0) is 17.1 Å². The number of rotatable bonds is 7. The Morgan fingerprint density at radius 3 is 2.70 bits per heavy atom. The molecule has 0 unspecified atom stereocenters. The maximum absolute atomic E-state index is 12.6. The SMILES string of the molecule is Cc1cccc(-c2noc(CN(C)C(=O)[C@@H](C)SCc3ccccc3)n2)c1. The first-order chi connectivity index (χ1) is 13.0. The largest absolute Gasteiger partial charge is 0.337 e. The van der Waals surface area contributed by atoms with Gasteiger partial charge in [-0.25, -0.2) is 0 Å². The van der Waals surface area contributed by atoms with Crippen LogP contribution >= 0.6 is 11.8 Å². The van der Waals surface area contributed by atoms with Gasteiger partial charge in [0.25, 0.3) is 0 Å². The van der Waals surface area contributed by atoms with Crippen molar-refractivity contribution in [2.75, 3.05) is 7.05 Å². The number of carbonyl (C=O) groups excluding carboxylic acids is 1. The van der Waals surface area contributed by atoms with Crippen molar-refractivity contribution in [1.29, 1.82) is 0 Å². The summed E-state index contributed by atoms with van der Waals surface area (Å²) in [5.41, 5.74) is 3.26. The molecule has 5 nitrogen and oxygen atoms in total. The standard InChI is InChI=1S/C21H23N3O2S/c1-15-8-7-11-18(12-15)20-22-19(26-23-20)13-24(3)21(25)16(2)27-14-17-9-5-4-6-10-17/h4-12,16H,13-14H2,1-3H3/t16-/m1/s1. The third-order valence-electron chi connectivity index (χ3n) is 4.18. The third-order valence-corrected chi connectivity index (χ3v) is 5.39. The molecule has 0 aliphatic rings. The van der Waals surface area contributed by atoms with Crippen molar-refractivity contribution in [3.8, 4) is 11.4 Å². The van der Waals surface area contributed by atoms with E-state index in [4.69, 9.17) is 4.52 Å². The van der Waals surface area contributed by atoms with Gasteiger partial charge in [0.15, 0.2) is 0 Å². The molecule has 0 N–H and O–H groups in total. The van der Waals surface area contributed by atoms with E-state index in [0.717, 1.165) is 16.9 Å². The first-order valence-corrected chi connectivity index (χ1v) is 9.88. The summed E-state index contributed by atoms with van der Waals surface area (Å²) in [5, 5.41) is 3.89. The first kappa shape index (κ1) is 19.2. The third kappa shape index (κ3) is 5.20. The van der Waals surface area contributed by atoms with Crippen LogP contribution in [0, 0.1) is 6.92 Å². The number of aryl methyl sites for hydroxylation is 1. The Morgan fingerprint density at radius 1 is 1.19 bits per heavy atom. The molecule has 1 heterocycles. The van der Waals surface area contributed by atoms with Gasteiger partial charge in [0, 0.05) is 18.4 Å². The smallest absolute Gasteiger partial charge is 0.246 e. The lowest BCUT2D eigenvalue weighted by molar-refractivity contribution is -0.129. The van der Waals surface area contributed by atoms with Crippen molar-refractivity contribution in [2.45, 2.75) is 31.4 Å². The molecule has 0 aliphatic carbocycles. The number of carbonyl (C=O) groups is 1. The zero-order valence-electron chi connectivity index (χ0n) is 15.8. The molecular weight excluding hydrogens is 358 g/mol. The number of aromatic nitrogens is 2. The van der Waals surface area contributed by atoms with E-state index in [1.807, 2.05) is 56.3 Å². The number of hydrogen-bond acceptors (Lipinski definition) is 5. The lowest BCUT2D eigenvalue weighted by Gasteiger charge is -2.19. The van der Waals surface area contributed by atoms with Crippen molar-refractivity contribution in [1.82, 2.24) is 15.0 Å². The van der Waals surface area contributed by atoms with Gasteiger partial charge in [-0.15, -0.1) is 11.8 Å². The van der Waals surface area contributed by atoms with Crippen molar-refractivity contribution in [3.63, 3.8) is 0 Å². The minimum Gasteiger partial charge on any atom is -0.337 e. The molecule has 3 rings (SSSR count). The molecule has 0 aliphatic heterocycles. The average Bonchev–Trinajstić information content (AvgIpc) is 3.15. The molecule has 0 fully saturated rings. The molecule has 6 heteroatoms. The second-order valence-electron chi connectivity index (χ2n) is 6.51. The van der Waals surface area contributed by atoms with Crippen molar-refractivity contribution in [2.24, 2.45) is 0 Å². The highest BCUT2D eigenvalue weighted by molar-refractivity contribution is 7.99. The second kappa shape index (κ2) is 8.86. The molecule has 0 radical (unpaired) electrons. The zero-order chi connectivity index (χ0) is 19.2. The molecular formula is C21H23N3O2S. The van der Waals surface area contributed by atoms with Crippen LogP contribution < -0.4 is 0 Å². The van der Waals surface area contributed by atoms with Gasteiger partial charge in [-0.3, -0.25) is 4.79 Å².